The van der Waals surface area contributed by atoms with Gasteiger partial charge in [0.2, 0.25) is 5.91 Å². The third-order valence-electron chi connectivity index (χ3n) is 7.55. The standard InChI is InChI=1S/C26H27N3O2/c1-3-16-8-10-17(11-9-16)20-14-29-22(30)15-28(18-12-13-18)25(31)26(29,2)24-23(20)19-6-4-5-7-21(19)27-24/h4-11,18,20,27H,3,12-15H2,1-2H3/t20-,26-/m0/s1. The van der Waals surface area contributed by atoms with Gasteiger partial charge >= 0.3 is 0 Å². The second-order valence-electron chi connectivity index (χ2n) is 9.35. The lowest BCUT2D eigenvalue weighted by molar-refractivity contribution is -0.166. The molecule has 2 amide bonds. The van der Waals surface area contributed by atoms with Crippen LogP contribution in [0.1, 0.15) is 55.0 Å². The maximum atomic E-state index is 13.8. The molecular weight excluding hydrogens is 386 g/mol. The summed E-state index contributed by atoms with van der Waals surface area (Å²) in [6, 6.07) is 17.2. The summed E-state index contributed by atoms with van der Waals surface area (Å²) in [6.07, 6.45) is 3.00. The number of aromatic nitrogens is 1. The first-order chi connectivity index (χ1) is 15.0. The van der Waals surface area contributed by atoms with Gasteiger partial charge < -0.3 is 14.8 Å². The first-order valence-electron chi connectivity index (χ1n) is 11.3. The van der Waals surface area contributed by atoms with Crippen molar-refractivity contribution in [1.29, 1.82) is 0 Å². The molecule has 31 heavy (non-hydrogen) atoms. The second kappa shape index (κ2) is 6.46. The summed E-state index contributed by atoms with van der Waals surface area (Å²) in [6.45, 7) is 4.82. The van der Waals surface area contributed by atoms with E-state index in [1.807, 2.05) is 28.9 Å². The Morgan fingerprint density at radius 3 is 2.52 bits per heavy atom. The molecule has 5 heteroatoms. The van der Waals surface area contributed by atoms with Gasteiger partial charge in [-0.3, -0.25) is 9.59 Å². The number of H-pyrrole nitrogens is 1. The average Bonchev–Trinajstić information content (AvgIpc) is 3.56. The quantitative estimate of drug-likeness (QED) is 0.708. The Labute approximate surface area is 182 Å². The number of hydrogen-bond acceptors (Lipinski definition) is 2. The topological polar surface area (TPSA) is 56.4 Å². The lowest BCUT2D eigenvalue weighted by Crippen LogP contribution is -2.67. The monoisotopic (exact) mass is 413 g/mol. The van der Waals surface area contributed by atoms with Gasteiger partial charge in [-0.2, -0.15) is 0 Å². The minimum Gasteiger partial charge on any atom is -0.356 e. The van der Waals surface area contributed by atoms with E-state index in [2.05, 4.69) is 48.3 Å². The van der Waals surface area contributed by atoms with Crippen LogP contribution in [0.3, 0.4) is 0 Å². The minimum atomic E-state index is -0.980. The lowest BCUT2D eigenvalue weighted by atomic mass is 9.76. The molecule has 3 aliphatic rings. The van der Waals surface area contributed by atoms with Gasteiger partial charge in [0.1, 0.15) is 6.54 Å². The van der Waals surface area contributed by atoms with Crippen LogP contribution in [0.25, 0.3) is 10.9 Å². The first kappa shape index (κ1) is 18.7. The van der Waals surface area contributed by atoms with Crippen molar-refractivity contribution in [2.75, 3.05) is 13.1 Å². The van der Waals surface area contributed by atoms with E-state index in [1.54, 1.807) is 0 Å². The molecular formula is C26H27N3O2. The molecule has 1 saturated heterocycles. The summed E-state index contributed by atoms with van der Waals surface area (Å²) in [4.78, 5) is 34.4. The van der Waals surface area contributed by atoms with Crippen LogP contribution in [-0.4, -0.2) is 45.7 Å². The molecule has 5 nitrogen and oxygen atoms in total. The van der Waals surface area contributed by atoms with Crippen LogP contribution in [0.15, 0.2) is 48.5 Å². The van der Waals surface area contributed by atoms with E-state index in [0.29, 0.717) is 6.54 Å². The van der Waals surface area contributed by atoms with Gasteiger partial charge in [-0.05, 0) is 48.9 Å². The number of carbonyl (C=O) groups is 2. The largest absolute Gasteiger partial charge is 0.356 e. The Balaban J connectivity index is 1.57. The number of para-hydroxylation sites is 1. The van der Waals surface area contributed by atoms with Crippen LogP contribution < -0.4 is 0 Å². The van der Waals surface area contributed by atoms with Gasteiger partial charge in [0, 0.05) is 29.4 Å². The van der Waals surface area contributed by atoms with Crippen LogP contribution in [0.4, 0.5) is 0 Å². The zero-order valence-electron chi connectivity index (χ0n) is 18.0. The Morgan fingerprint density at radius 1 is 1.06 bits per heavy atom. The summed E-state index contributed by atoms with van der Waals surface area (Å²) in [7, 11) is 0. The van der Waals surface area contributed by atoms with E-state index in [4.69, 9.17) is 0 Å². The number of carbonyl (C=O) groups excluding carboxylic acids is 2. The highest BCUT2D eigenvalue weighted by molar-refractivity contribution is 6.01. The maximum absolute atomic E-state index is 13.8. The predicted molar refractivity (Wildman–Crippen MR) is 120 cm³/mol. The van der Waals surface area contributed by atoms with Crippen molar-refractivity contribution in [3.8, 4) is 0 Å². The van der Waals surface area contributed by atoms with Crippen molar-refractivity contribution in [1.82, 2.24) is 14.8 Å². The maximum Gasteiger partial charge on any atom is 0.255 e. The molecule has 2 atom stereocenters. The Kier molecular flexibility index (Phi) is 3.89. The zero-order chi connectivity index (χ0) is 21.3. The number of hydrogen-bond donors (Lipinski definition) is 1. The van der Waals surface area contributed by atoms with Crippen LogP contribution in [-0.2, 0) is 21.5 Å². The fourth-order valence-corrected chi connectivity index (χ4v) is 5.60. The molecule has 1 aromatic heterocycles. The van der Waals surface area contributed by atoms with Crippen molar-refractivity contribution < 1.29 is 9.59 Å². The van der Waals surface area contributed by atoms with Crippen molar-refractivity contribution in [3.63, 3.8) is 0 Å². The molecule has 1 N–H and O–H groups in total. The van der Waals surface area contributed by atoms with Crippen molar-refractivity contribution in [3.05, 3.63) is 70.9 Å². The van der Waals surface area contributed by atoms with Crippen molar-refractivity contribution in [2.45, 2.75) is 50.6 Å². The van der Waals surface area contributed by atoms with Crippen molar-refractivity contribution >= 4 is 22.7 Å². The molecule has 2 aromatic carbocycles. The number of nitrogens with one attached hydrogen (secondary N) is 1. The van der Waals surface area contributed by atoms with E-state index >= 15 is 0 Å². The molecule has 0 radical (unpaired) electrons. The number of amides is 2. The molecule has 3 aromatic rings. The fourth-order valence-electron chi connectivity index (χ4n) is 5.60. The van der Waals surface area contributed by atoms with E-state index in [-0.39, 0.29) is 30.3 Å². The van der Waals surface area contributed by atoms with E-state index in [1.165, 1.54) is 11.1 Å². The number of piperazine rings is 1. The van der Waals surface area contributed by atoms with Gasteiger partial charge in [0.15, 0.2) is 5.54 Å². The fraction of sp³-hybridized carbons (Fsp3) is 0.385. The summed E-state index contributed by atoms with van der Waals surface area (Å²) in [5.74, 6) is 0.144. The van der Waals surface area contributed by atoms with Crippen LogP contribution in [0, 0.1) is 0 Å². The zero-order valence-corrected chi connectivity index (χ0v) is 18.0. The third-order valence-corrected chi connectivity index (χ3v) is 7.55. The predicted octanol–water partition coefficient (Wildman–Crippen LogP) is 3.92. The minimum absolute atomic E-state index is 0.0364. The smallest absolute Gasteiger partial charge is 0.255 e. The highest BCUT2D eigenvalue weighted by Crippen LogP contribution is 2.49. The highest BCUT2D eigenvalue weighted by Gasteiger charge is 2.58. The number of benzene rings is 2. The van der Waals surface area contributed by atoms with Crippen LogP contribution in [0.2, 0.25) is 0 Å². The van der Waals surface area contributed by atoms with E-state index in [0.717, 1.165) is 41.4 Å². The summed E-state index contributed by atoms with van der Waals surface area (Å²) in [5.41, 5.74) is 4.58. The lowest BCUT2D eigenvalue weighted by Gasteiger charge is -2.51. The average molecular weight is 414 g/mol. The molecule has 1 saturated carbocycles. The van der Waals surface area contributed by atoms with Crippen LogP contribution in [0.5, 0.6) is 0 Å². The number of fused-ring (bicyclic) bond motifs is 5. The molecule has 158 valence electrons. The first-order valence-corrected chi connectivity index (χ1v) is 11.3. The molecule has 0 spiro atoms. The molecule has 2 aliphatic heterocycles. The normalized spacial score (nSPS) is 25.7. The van der Waals surface area contributed by atoms with Crippen molar-refractivity contribution in [2.24, 2.45) is 0 Å². The molecule has 1 aliphatic carbocycles. The van der Waals surface area contributed by atoms with Gasteiger partial charge in [-0.25, -0.2) is 0 Å². The van der Waals surface area contributed by atoms with E-state index < -0.39 is 5.54 Å². The molecule has 3 heterocycles. The van der Waals surface area contributed by atoms with Gasteiger partial charge in [0.05, 0.1) is 5.69 Å². The summed E-state index contributed by atoms with van der Waals surface area (Å²) in [5, 5.41) is 1.15. The Bertz CT molecular complexity index is 1210. The molecule has 6 rings (SSSR count). The molecule has 0 bridgehead atoms. The number of aryl methyl sites for hydroxylation is 1. The second-order valence-corrected chi connectivity index (χ2v) is 9.35. The number of nitrogens with zero attached hydrogens (tertiary/aromatic N) is 2. The molecule has 2 fully saturated rings. The summed E-state index contributed by atoms with van der Waals surface area (Å²) >= 11 is 0. The van der Waals surface area contributed by atoms with Gasteiger partial charge in [-0.1, -0.05) is 49.4 Å². The third kappa shape index (κ3) is 2.55. The summed E-state index contributed by atoms with van der Waals surface area (Å²) < 4.78 is 0. The highest BCUT2D eigenvalue weighted by atomic mass is 16.2. The van der Waals surface area contributed by atoms with Crippen LogP contribution >= 0.6 is 0 Å². The number of aromatic amines is 1. The van der Waals surface area contributed by atoms with E-state index in [9.17, 15) is 9.59 Å². The Hall–Kier alpha value is -3.08. The van der Waals surface area contributed by atoms with Gasteiger partial charge in [0.25, 0.3) is 5.91 Å². The Morgan fingerprint density at radius 2 is 1.81 bits per heavy atom. The van der Waals surface area contributed by atoms with Gasteiger partial charge in [-0.15, -0.1) is 0 Å². The molecule has 0 unspecified atom stereocenters. The SMILES string of the molecule is CCc1ccc([C@@H]2CN3C(=O)CN(C4CC4)C(=O)[C@]3(C)c3[nH]c4ccccc4c32)cc1. The number of rotatable bonds is 3.